The van der Waals surface area contributed by atoms with Gasteiger partial charge in [-0.25, -0.2) is 8.42 Å². The molecule has 1 atom stereocenters. The minimum Gasteiger partial charge on any atom is -0.352 e. The fraction of sp³-hybridized carbons (Fsp3) is 0.333. The van der Waals surface area contributed by atoms with E-state index in [-0.39, 0.29) is 29.3 Å². The zero-order valence-corrected chi connectivity index (χ0v) is 28.3. The maximum Gasteiger partial charge on any atom is 0.264 e. The molecule has 0 aliphatic heterocycles. The largest absolute Gasteiger partial charge is 0.352 e. The fourth-order valence-corrected chi connectivity index (χ4v) is 7.60. The van der Waals surface area contributed by atoms with Gasteiger partial charge in [0, 0.05) is 19.0 Å². The van der Waals surface area contributed by atoms with Gasteiger partial charge in [0.1, 0.15) is 12.6 Å². The number of carbonyl (C=O) groups excluding carboxylic acids is 2. The smallest absolute Gasteiger partial charge is 0.264 e. The third-order valence-corrected chi connectivity index (χ3v) is 10.8. The van der Waals surface area contributed by atoms with Crippen molar-refractivity contribution in [3.05, 3.63) is 131 Å². The summed E-state index contributed by atoms with van der Waals surface area (Å²) in [5.41, 5.74) is 4.24. The average molecular weight is 652 g/mol. The number of aryl methyl sites for hydroxylation is 1. The van der Waals surface area contributed by atoms with Crippen LogP contribution < -0.4 is 9.62 Å². The normalized spacial score (nSPS) is 14.1. The Bertz CT molecular complexity index is 1740. The van der Waals surface area contributed by atoms with Crippen molar-refractivity contribution in [3.63, 3.8) is 0 Å². The Labute approximate surface area is 279 Å². The number of hydrogen-bond acceptors (Lipinski definition) is 4. The molecule has 1 aliphatic rings. The first-order valence-electron chi connectivity index (χ1n) is 16.5. The van der Waals surface area contributed by atoms with E-state index >= 15 is 0 Å². The van der Waals surface area contributed by atoms with Gasteiger partial charge in [-0.2, -0.15) is 0 Å². The van der Waals surface area contributed by atoms with Gasteiger partial charge in [-0.05, 0) is 72.2 Å². The molecule has 1 N–H and O–H groups in total. The summed E-state index contributed by atoms with van der Waals surface area (Å²) >= 11 is 0. The minimum absolute atomic E-state index is 0.0608. The van der Waals surface area contributed by atoms with Crippen LogP contribution in [0.1, 0.15) is 67.7 Å². The number of anilines is 1. The van der Waals surface area contributed by atoms with Crippen molar-refractivity contribution in [2.45, 2.75) is 82.3 Å². The highest BCUT2D eigenvalue weighted by molar-refractivity contribution is 7.92. The minimum atomic E-state index is -4.14. The Hall–Kier alpha value is -4.43. The highest BCUT2D eigenvalue weighted by Crippen LogP contribution is 2.27. The Kier molecular flexibility index (Phi) is 11.1. The first-order chi connectivity index (χ1) is 22.6. The lowest BCUT2D eigenvalue weighted by Crippen LogP contribution is -2.54. The lowest BCUT2D eigenvalue weighted by Gasteiger charge is -2.34. The molecule has 0 spiro atoms. The van der Waals surface area contributed by atoms with Gasteiger partial charge in [0.15, 0.2) is 0 Å². The Morgan fingerprint density at radius 1 is 0.809 bits per heavy atom. The number of amides is 2. The predicted octanol–water partition coefficient (Wildman–Crippen LogP) is 7.01. The molecule has 1 aliphatic carbocycles. The van der Waals surface area contributed by atoms with Crippen LogP contribution in [0.15, 0.2) is 114 Å². The van der Waals surface area contributed by atoms with E-state index in [2.05, 4.69) is 19.2 Å². The molecule has 246 valence electrons. The molecule has 0 aromatic heterocycles. The highest BCUT2D eigenvalue weighted by atomic mass is 32.2. The fourth-order valence-electron chi connectivity index (χ4n) is 6.17. The quantitative estimate of drug-likeness (QED) is 0.169. The number of nitrogens with zero attached hydrogens (tertiary/aromatic N) is 2. The zero-order valence-electron chi connectivity index (χ0n) is 27.5. The van der Waals surface area contributed by atoms with Crippen molar-refractivity contribution in [1.29, 1.82) is 0 Å². The molecule has 1 fully saturated rings. The van der Waals surface area contributed by atoms with Crippen molar-refractivity contribution >= 4 is 27.5 Å². The number of nitrogens with one attached hydrogen (secondary N) is 1. The lowest BCUT2D eigenvalue weighted by molar-refractivity contribution is -0.140. The van der Waals surface area contributed by atoms with Crippen molar-refractivity contribution in [3.8, 4) is 0 Å². The molecule has 47 heavy (non-hydrogen) atoms. The summed E-state index contributed by atoms with van der Waals surface area (Å²) in [6.07, 6.45) is 4.23. The molecule has 0 bridgehead atoms. The summed E-state index contributed by atoms with van der Waals surface area (Å²) in [7, 11) is -4.14. The molecule has 4 aromatic carbocycles. The van der Waals surface area contributed by atoms with Gasteiger partial charge in [0.2, 0.25) is 11.8 Å². The number of rotatable bonds is 13. The molecule has 1 unspecified atom stereocenters. The molecular formula is C39H45N3O4S. The predicted molar refractivity (Wildman–Crippen MR) is 188 cm³/mol. The van der Waals surface area contributed by atoms with Gasteiger partial charge >= 0.3 is 0 Å². The van der Waals surface area contributed by atoms with Crippen LogP contribution in [-0.4, -0.2) is 43.8 Å². The summed E-state index contributed by atoms with van der Waals surface area (Å²) in [5.74, 6) is -0.420. The summed E-state index contributed by atoms with van der Waals surface area (Å²) in [6, 6.07) is 32.1. The van der Waals surface area contributed by atoms with Gasteiger partial charge in [-0.1, -0.05) is 112 Å². The number of hydrogen-bond donors (Lipinski definition) is 1. The van der Waals surface area contributed by atoms with Crippen LogP contribution in [0.4, 0.5) is 5.69 Å². The second kappa shape index (κ2) is 15.4. The zero-order chi connectivity index (χ0) is 33.4. The molecule has 0 heterocycles. The van der Waals surface area contributed by atoms with Gasteiger partial charge in [0.25, 0.3) is 10.0 Å². The van der Waals surface area contributed by atoms with Crippen molar-refractivity contribution in [2.75, 3.05) is 10.8 Å². The monoisotopic (exact) mass is 651 g/mol. The second-order valence-electron chi connectivity index (χ2n) is 12.7. The highest BCUT2D eigenvalue weighted by Gasteiger charge is 2.35. The maximum atomic E-state index is 14.7. The summed E-state index contributed by atoms with van der Waals surface area (Å²) in [4.78, 5) is 30.5. The number of carbonyl (C=O) groups is 2. The van der Waals surface area contributed by atoms with E-state index in [9.17, 15) is 18.0 Å². The van der Waals surface area contributed by atoms with Crippen LogP contribution in [0, 0.1) is 6.92 Å². The van der Waals surface area contributed by atoms with Crippen LogP contribution in [0.25, 0.3) is 0 Å². The molecule has 8 heteroatoms. The number of benzene rings is 4. The molecule has 5 rings (SSSR count). The topological polar surface area (TPSA) is 86.8 Å². The third kappa shape index (κ3) is 8.49. The van der Waals surface area contributed by atoms with E-state index in [1.165, 1.54) is 16.4 Å². The van der Waals surface area contributed by atoms with Crippen molar-refractivity contribution < 1.29 is 18.0 Å². The van der Waals surface area contributed by atoms with Gasteiger partial charge in [-0.3, -0.25) is 13.9 Å². The molecule has 0 radical (unpaired) electrons. The van der Waals surface area contributed by atoms with E-state index in [1.807, 2.05) is 73.7 Å². The summed E-state index contributed by atoms with van der Waals surface area (Å²) in [5, 5.41) is 3.23. The molecule has 2 amide bonds. The first-order valence-corrected chi connectivity index (χ1v) is 17.9. The first kappa shape index (κ1) is 33.9. The van der Waals surface area contributed by atoms with Crippen LogP contribution in [0.5, 0.6) is 0 Å². The molecule has 4 aromatic rings. The van der Waals surface area contributed by atoms with E-state index < -0.39 is 28.5 Å². The van der Waals surface area contributed by atoms with E-state index in [1.54, 1.807) is 35.2 Å². The van der Waals surface area contributed by atoms with Crippen LogP contribution in [0.3, 0.4) is 0 Å². The second-order valence-corrected chi connectivity index (χ2v) is 14.6. The summed E-state index contributed by atoms with van der Waals surface area (Å²) in [6.45, 7) is 5.82. The van der Waals surface area contributed by atoms with Gasteiger partial charge in [0.05, 0.1) is 10.6 Å². The lowest BCUT2D eigenvalue weighted by atomic mass is 10.0. The van der Waals surface area contributed by atoms with Gasteiger partial charge in [-0.15, -0.1) is 0 Å². The standard InChI is InChI=1S/C39H45N3O4S/c1-29(2)32-22-24-35(25-23-32)42(47(45,46)36-20-8-5-9-21-36)28-38(43)41(27-33-17-11-10-14-30(33)3)37(26-31-15-6-4-7-16-31)39(44)40-34-18-12-13-19-34/h4-11,14-17,20-25,29,34,37H,12-13,18-19,26-28H2,1-3H3,(H,40,44). The van der Waals surface area contributed by atoms with E-state index in [4.69, 9.17) is 0 Å². The average Bonchev–Trinajstić information content (AvgIpc) is 3.60. The SMILES string of the molecule is Cc1ccccc1CN(C(=O)CN(c1ccc(C(C)C)cc1)S(=O)(=O)c1ccccc1)C(Cc1ccccc1)C(=O)NC1CCCC1. The van der Waals surface area contributed by atoms with E-state index in [0.29, 0.717) is 12.1 Å². The van der Waals surface area contributed by atoms with Crippen LogP contribution in [0.2, 0.25) is 0 Å². The summed E-state index contributed by atoms with van der Waals surface area (Å²) < 4.78 is 29.6. The van der Waals surface area contributed by atoms with E-state index in [0.717, 1.165) is 47.9 Å². The van der Waals surface area contributed by atoms with Crippen molar-refractivity contribution in [2.24, 2.45) is 0 Å². The molecule has 1 saturated carbocycles. The van der Waals surface area contributed by atoms with Crippen LogP contribution >= 0.6 is 0 Å². The Balaban J connectivity index is 1.57. The third-order valence-electron chi connectivity index (χ3n) is 9.03. The molecular weight excluding hydrogens is 607 g/mol. The van der Waals surface area contributed by atoms with Crippen LogP contribution in [-0.2, 0) is 32.6 Å². The molecule has 0 saturated heterocycles. The molecule has 7 nitrogen and oxygen atoms in total. The Morgan fingerprint density at radius 2 is 1.40 bits per heavy atom. The Morgan fingerprint density at radius 3 is 2.02 bits per heavy atom. The number of sulfonamides is 1. The van der Waals surface area contributed by atoms with Crippen molar-refractivity contribution in [1.82, 2.24) is 10.2 Å². The maximum absolute atomic E-state index is 14.7. The van der Waals surface area contributed by atoms with Gasteiger partial charge < -0.3 is 10.2 Å².